The van der Waals surface area contributed by atoms with Crippen LogP contribution in [0, 0.1) is 18.3 Å². The van der Waals surface area contributed by atoms with Gasteiger partial charge >= 0.3 is 6.18 Å². The predicted molar refractivity (Wildman–Crippen MR) is 56.4 cm³/mol. The van der Waals surface area contributed by atoms with Crippen LogP contribution < -0.4 is 5.32 Å². The molecule has 0 aliphatic rings. The van der Waals surface area contributed by atoms with Crippen LogP contribution in [0.2, 0.25) is 0 Å². The van der Waals surface area contributed by atoms with Gasteiger partial charge in [0.25, 0.3) is 0 Å². The zero-order chi connectivity index (χ0) is 13.2. The van der Waals surface area contributed by atoms with Crippen LogP contribution in [0.1, 0.15) is 24.6 Å². The maximum Gasteiger partial charge on any atom is 0.391 e. The van der Waals surface area contributed by atoms with Gasteiger partial charge in [-0.15, -0.1) is 0 Å². The SMILES string of the molecule is Cc1nn(C)c(NC(C)CC(F)(F)F)c1C#N. The number of anilines is 1. The van der Waals surface area contributed by atoms with Crippen LogP contribution in [0.4, 0.5) is 19.0 Å². The van der Waals surface area contributed by atoms with Crippen molar-refractivity contribution in [2.75, 3.05) is 5.32 Å². The van der Waals surface area contributed by atoms with Crippen molar-refractivity contribution >= 4 is 5.82 Å². The molecule has 1 N–H and O–H groups in total. The number of alkyl halides is 3. The van der Waals surface area contributed by atoms with E-state index in [-0.39, 0.29) is 5.56 Å². The number of rotatable bonds is 3. The number of nitriles is 1. The minimum Gasteiger partial charge on any atom is -0.366 e. The number of halogens is 3. The molecule has 0 aliphatic carbocycles. The Balaban J connectivity index is 2.86. The molecular formula is C10H13F3N4. The number of hydrogen-bond acceptors (Lipinski definition) is 3. The third-order valence-electron chi connectivity index (χ3n) is 2.25. The normalized spacial score (nSPS) is 13.2. The Kier molecular flexibility index (Phi) is 3.66. The molecule has 17 heavy (non-hydrogen) atoms. The fourth-order valence-corrected chi connectivity index (χ4v) is 1.59. The molecule has 1 unspecified atom stereocenters. The summed E-state index contributed by atoms with van der Waals surface area (Å²) in [5, 5.41) is 15.5. The Labute approximate surface area is 97.0 Å². The molecule has 0 amide bonds. The first kappa shape index (κ1) is 13.4. The van der Waals surface area contributed by atoms with Crippen molar-refractivity contribution in [3.63, 3.8) is 0 Å². The van der Waals surface area contributed by atoms with Gasteiger partial charge in [0, 0.05) is 13.1 Å². The van der Waals surface area contributed by atoms with Gasteiger partial charge in [-0.25, -0.2) is 0 Å². The fourth-order valence-electron chi connectivity index (χ4n) is 1.59. The zero-order valence-electron chi connectivity index (χ0n) is 9.76. The monoisotopic (exact) mass is 246 g/mol. The molecule has 94 valence electrons. The quantitative estimate of drug-likeness (QED) is 0.890. The summed E-state index contributed by atoms with van der Waals surface area (Å²) in [7, 11) is 1.58. The van der Waals surface area contributed by atoms with Crippen molar-refractivity contribution < 1.29 is 13.2 Å². The summed E-state index contributed by atoms with van der Waals surface area (Å²) in [4.78, 5) is 0. The van der Waals surface area contributed by atoms with E-state index in [4.69, 9.17) is 5.26 Å². The summed E-state index contributed by atoms with van der Waals surface area (Å²) in [5.74, 6) is 0.321. The highest BCUT2D eigenvalue weighted by atomic mass is 19.4. The third-order valence-corrected chi connectivity index (χ3v) is 2.25. The van der Waals surface area contributed by atoms with Gasteiger partial charge in [0.2, 0.25) is 0 Å². The van der Waals surface area contributed by atoms with Gasteiger partial charge in [-0.2, -0.15) is 23.5 Å². The van der Waals surface area contributed by atoms with E-state index in [1.165, 1.54) is 11.6 Å². The molecule has 0 aromatic carbocycles. The highest BCUT2D eigenvalue weighted by molar-refractivity contribution is 5.55. The highest BCUT2D eigenvalue weighted by Crippen LogP contribution is 2.25. The molecule has 1 rings (SSSR count). The van der Waals surface area contributed by atoms with Crippen LogP contribution in [-0.2, 0) is 7.05 Å². The highest BCUT2D eigenvalue weighted by Gasteiger charge is 2.30. The van der Waals surface area contributed by atoms with Crippen molar-refractivity contribution in [1.82, 2.24) is 9.78 Å². The van der Waals surface area contributed by atoms with E-state index in [0.29, 0.717) is 11.5 Å². The van der Waals surface area contributed by atoms with Crippen LogP contribution in [0.25, 0.3) is 0 Å². The van der Waals surface area contributed by atoms with Gasteiger partial charge in [0.15, 0.2) is 0 Å². The minimum atomic E-state index is -4.23. The second-order valence-corrected chi connectivity index (χ2v) is 3.91. The van der Waals surface area contributed by atoms with E-state index in [2.05, 4.69) is 10.4 Å². The third kappa shape index (κ3) is 3.37. The first-order chi connectivity index (χ1) is 7.74. The average molecular weight is 246 g/mol. The van der Waals surface area contributed by atoms with Crippen LogP contribution in [0.15, 0.2) is 0 Å². The van der Waals surface area contributed by atoms with E-state index in [1.54, 1.807) is 14.0 Å². The Morgan fingerprint density at radius 3 is 2.59 bits per heavy atom. The van der Waals surface area contributed by atoms with E-state index in [1.807, 2.05) is 6.07 Å². The molecule has 7 heteroatoms. The zero-order valence-corrected chi connectivity index (χ0v) is 9.76. The molecule has 1 aromatic heterocycles. The number of nitrogens with one attached hydrogen (secondary N) is 1. The summed E-state index contributed by atoms with van der Waals surface area (Å²) in [5.41, 5.74) is 0.776. The molecule has 1 atom stereocenters. The summed E-state index contributed by atoms with van der Waals surface area (Å²) >= 11 is 0. The topological polar surface area (TPSA) is 53.6 Å². The second-order valence-electron chi connectivity index (χ2n) is 3.91. The lowest BCUT2D eigenvalue weighted by atomic mass is 10.2. The van der Waals surface area contributed by atoms with Crippen molar-refractivity contribution in [2.24, 2.45) is 7.05 Å². The predicted octanol–water partition coefficient (Wildman–Crippen LogP) is 2.35. The lowest BCUT2D eigenvalue weighted by molar-refractivity contribution is -0.136. The van der Waals surface area contributed by atoms with Crippen LogP contribution in [-0.4, -0.2) is 22.0 Å². The summed E-state index contributed by atoms with van der Waals surface area (Å²) in [6, 6.07) is 1.12. The Morgan fingerprint density at radius 1 is 1.53 bits per heavy atom. The first-order valence-electron chi connectivity index (χ1n) is 5.01. The Morgan fingerprint density at radius 2 is 2.12 bits per heavy atom. The van der Waals surface area contributed by atoms with Gasteiger partial charge in [-0.1, -0.05) is 0 Å². The second kappa shape index (κ2) is 4.65. The molecule has 1 aromatic rings. The number of nitrogens with zero attached hydrogens (tertiary/aromatic N) is 3. The van der Waals surface area contributed by atoms with Gasteiger partial charge in [-0.05, 0) is 13.8 Å². The van der Waals surface area contributed by atoms with E-state index >= 15 is 0 Å². The largest absolute Gasteiger partial charge is 0.391 e. The van der Waals surface area contributed by atoms with Crippen molar-refractivity contribution in [2.45, 2.75) is 32.5 Å². The molecule has 4 nitrogen and oxygen atoms in total. The number of aromatic nitrogens is 2. The van der Waals surface area contributed by atoms with E-state index in [9.17, 15) is 13.2 Å². The average Bonchev–Trinajstić information content (AvgIpc) is 2.38. The van der Waals surface area contributed by atoms with Crippen molar-refractivity contribution in [3.8, 4) is 6.07 Å². The van der Waals surface area contributed by atoms with Crippen LogP contribution >= 0.6 is 0 Å². The molecular weight excluding hydrogens is 233 g/mol. The molecule has 0 saturated carbocycles. The van der Waals surface area contributed by atoms with Crippen LogP contribution in [0.3, 0.4) is 0 Å². The van der Waals surface area contributed by atoms with Gasteiger partial charge in [0.1, 0.15) is 17.5 Å². The molecule has 0 aliphatic heterocycles. The summed E-state index contributed by atoms with van der Waals surface area (Å²) in [6.07, 6.45) is -5.19. The minimum absolute atomic E-state index is 0.279. The smallest absolute Gasteiger partial charge is 0.366 e. The lowest BCUT2D eigenvalue weighted by Crippen LogP contribution is -2.25. The Bertz CT molecular complexity index is 442. The van der Waals surface area contributed by atoms with Crippen molar-refractivity contribution in [3.05, 3.63) is 11.3 Å². The summed E-state index contributed by atoms with van der Waals surface area (Å²) < 4.78 is 37.9. The summed E-state index contributed by atoms with van der Waals surface area (Å²) in [6.45, 7) is 3.05. The van der Waals surface area contributed by atoms with E-state index < -0.39 is 18.6 Å². The van der Waals surface area contributed by atoms with Gasteiger partial charge < -0.3 is 5.32 Å². The molecule has 0 radical (unpaired) electrons. The molecule has 0 saturated heterocycles. The molecule has 0 spiro atoms. The van der Waals surface area contributed by atoms with E-state index in [0.717, 1.165) is 0 Å². The molecule has 0 bridgehead atoms. The van der Waals surface area contributed by atoms with Crippen LogP contribution in [0.5, 0.6) is 0 Å². The standard InChI is InChI=1S/C10H13F3N4/c1-6(4-10(11,12)13)15-9-8(5-14)7(2)16-17(9)3/h6,15H,4H2,1-3H3. The van der Waals surface area contributed by atoms with Gasteiger partial charge in [0.05, 0.1) is 12.1 Å². The molecule has 1 heterocycles. The maximum atomic E-state index is 12.2. The molecule has 0 fully saturated rings. The van der Waals surface area contributed by atoms with Gasteiger partial charge in [-0.3, -0.25) is 4.68 Å². The number of hydrogen-bond donors (Lipinski definition) is 1. The Hall–Kier alpha value is -1.71. The maximum absolute atomic E-state index is 12.2. The van der Waals surface area contributed by atoms with Crippen molar-refractivity contribution in [1.29, 1.82) is 5.26 Å². The first-order valence-corrected chi connectivity index (χ1v) is 5.01. The lowest BCUT2D eigenvalue weighted by Gasteiger charge is -2.17. The number of aryl methyl sites for hydroxylation is 2. The fraction of sp³-hybridized carbons (Fsp3) is 0.600.